The third-order valence-corrected chi connectivity index (χ3v) is 3.36. The molecule has 2 heteroatoms. The van der Waals surface area contributed by atoms with Crippen molar-refractivity contribution in [2.75, 3.05) is 6.61 Å². The monoisotopic (exact) mass is 220 g/mol. The van der Waals surface area contributed by atoms with Gasteiger partial charge in [-0.05, 0) is 37.5 Å². The molecule has 16 heavy (non-hydrogen) atoms. The Kier molecular flexibility index (Phi) is 3.49. The van der Waals surface area contributed by atoms with Gasteiger partial charge in [0.05, 0.1) is 12.2 Å². The smallest absolute Gasteiger partial charge is 0.119 e. The summed E-state index contributed by atoms with van der Waals surface area (Å²) in [6, 6.07) is 7.90. The van der Waals surface area contributed by atoms with Crippen LogP contribution < -0.4 is 4.74 Å². The zero-order valence-electron chi connectivity index (χ0n) is 9.91. The minimum atomic E-state index is -0.620. The van der Waals surface area contributed by atoms with Crippen LogP contribution in [0.3, 0.4) is 0 Å². The fraction of sp³-hybridized carbons (Fsp3) is 0.571. The Hall–Kier alpha value is -1.02. The number of hydrogen-bond acceptors (Lipinski definition) is 2. The number of aliphatic hydroxyl groups is 1. The molecule has 0 unspecified atom stereocenters. The molecule has 1 saturated carbocycles. The van der Waals surface area contributed by atoms with E-state index < -0.39 is 5.60 Å². The molecule has 2 rings (SSSR count). The predicted molar refractivity (Wildman–Crippen MR) is 64.6 cm³/mol. The van der Waals surface area contributed by atoms with E-state index in [2.05, 4.69) is 0 Å². The lowest BCUT2D eigenvalue weighted by Crippen LogP contribution is -2.28. The molecule has 0 saturated heterocycles. The van der Waals surface area contributed by atoms with E-state index in [1.54, 1.807) is 0 Å². The summed E-state index contributed by atoms with van der Waals surface area (Å²) in [5.74, 6) is 0.860. The summed E-state index contributed by atoms with van der Waals surface area (Å²) >= 11 is 0. The van der Waals surface area contributed by atoms with Crippen LogP contribution in [0.4, 0.5) is 0 Å². The van der Waals surface area contributed by atoms with Crippen LogP contribution in [0.25, 0.3) is 0 Å². The number of hydrogen-bond donors (Lipinski definition) is 1. The summed E-state index contributed by atoms with van der Waals surface area (Å²) in [6.45, 7) is 2.64. The average molecular weight is 220 g/mol. The standard InChI is InChI=1S/C14H20O2/c1-2-16-13-8-6-7-12(11-13)14(15)9-4-3-5-10-14/h6-8,11,15H,2-5,9-10H2,1H3. The SMILES string of the molecule is CCOc1cccc(C2(O)CCCCC2)c1. The van der Waals surface area contributed by atoms with Crippen LogP contribution in [-0.4, -0.2) is 11.7 Å². The van der Waals surface area contributed by atoms with Crippen LogP contribution in [-0.2, 0) is 5.60 Å². The summed E-state index contributed by atoms with van der Waals surface area (Å²) < 4.78 is 5.47. The second-order valence-corrected chi connectivity index (χ2v) is 4.55. The number of rotatable bonds is 3. The maximum Gasteiger partial charge on any atom is 0.119 e. The molecule has 2 nitrogen and oxygen atoms in total. The van der Waals surface area contributed by atoms with E-state index in [9.17, 15) is 5.11 Å². The second-order valence-electron chi connectivity index (χ2n) is 4.55. The molecular weight excluding hydrogens is 200 g/mol. The summed E-state index contributed by atoms with van der Waals surface area (Å²) in [5.41, 5.74) is 0.392. The van der Waals surface area contributed by atoms with Crippen molar-refractivity contribution in [3.8, 4) is 5.75 Å². The fourth-order valence-corrected chi connectivity index (χ4v) is 2.47. The average Bonchev–Trinajstić information content (AvgIpc) is 2.31. The highest BCUT2D eigenvalue weighted by Gasteiger charge is 2.31. The van der Waals surface area contributed by atoms with Gasteiger partial charge in [-0.15, -0.1) is 0 Å². The van der Waals surface area contributed by atoms with Gasteiger partial charge in [-0.25, -0.2) is 0 Å². The van der Waals surface area contributed by atoms with Gasteiger partial charge < -0.3 is 9.84 Å². The van der Waals surface area contributed by atoms with E-state index in [4.69, 9.17) is 4.74 Å². The highest BCUT2D eigenvalue weighted by atomic mass is 16.5. The van der Waals surface area contributed by atoms with Crippen LogP contribution in [0, 0.1) is 0 Å². The molecule has 0 aliphatic heterocycles. The minimum Gasteiger partial charge on any atom is -0.494 e. The van der Waals surface area contributed by atoms with Crippen LogP contribution in [0.15, 0.2) is 24.3 Å². The maximum atomic E-state index is 10.6. The molecule has 1 aromatic rings. The first-order valence-electron chi connectivity index (χ1n) is 6.20. The summed E-state index contributed by atoms with van der Waals surface area (Å²) in [7, 11) is 0. The van der Waals surface area contributed by atoms with E-state index in [0.717, 1.165) is 37.0 Å². The minimum absolute atomic E-state index is 0.620. The molecule has 0 atom stereocenters. The number of ether oxygens (including phenoxy) is 1. The molecule has 0 bridgehead atoms. The highest BCUT2D eigenvalue weighted by Crippen LogP contribution is 2.37. The van der Waals surface area contributed by atoms with E-state index in [0.29, 0.717) is 6.61 Å². The van der Waals surface area contributed by atoms with Crippen molar-refractivity contribution < 1.29 is 9.84 Å². The van der Waals surface area contributed by atoms with Gasteiger partial charge in [0.15, 0.2) is 0 Å². The lowest BCUT2D eigenvalue weighted by Gasteiger charge is -2.32. The third kappa shape index (κ3) is 2.38. The van der Waals surface area contributed by atoms with Gasteiger partial charge in [0.25, 0.3) is 0 Å². The third-order valence-electron chi connectivity index (χ3n) is 3.36. The zero-order chi connectivity index (χ0) is 11.4. The van der Waals surface area contributed by atoms with Crippen LogP contribution >= 0.6 is 0 Å². The molecule has 1 fully saturated rings. The van der Waals surface area contributed by atoms with Crippen LogP contribution in [0.2, 0.25) is 0 Å². The molecule has 0 aromatic heterocycles. The second kappa shape index (κ2) is 4.88. The van der Waals surface area contributed by atoms with Gasteiger partial charge in [0, 0.05) is 0 Å². The van der Waals surface area contributed by atoms with Crippen molar-refractivity contribution in [2.24, 2.45) is 0 Å². The van der Waals surface area contributed by atoms with E-state index in [1.165, 1.54) is 6.42 Å². The Bertz CT molecular complexity index is 340. The lowest BCUT2D eigenvalue weighted by molar-refractivity contribution is -0.000822. The summed E-state index contributed by atoms with van der Waals surface area (Å²) in [4.78, 5) is 0. The maximum absolute atomic E-state index is 10.6. The summed E-state index contributed by atoms with van der Waals surface area (Å²) in [5, 5.41) is 10.6. The molecule has 0 radical (unpaired) electrons. The van der Waals surface area contributed by atoms with Crippen LogP contribution in [0.5, 0.6) is 5.75 Å². The Labute approximate surface area is 97.3 Å². The van der Waals surface area contributed by atoms with Crippen molar-refractivity contribution in [2.45, 2.75) is 44.6 Å². The molecule has 1 aromatic carbocycles. The van der Waals surface area contributed by atoms with Crippen LogP contribution in [0.1, 0.15) is 44.6 Å². The summed E-state index contributed by atoms with van der Waals surface area (Å²) in [6.07, 6.45) is 5.24. The molecule has 1 aliphatic carbocycles. The molecule has 1 aliphatic rings. The predicted octanol–water partition coefficient (Wildman–Crippen LogP) is 3.24. The van der Waals surface area contributed by atoms with Crippen molar-refractivity contribution >= 4 is 0 Å². The molecule has 0 heterocycles. The Morgan fingerprint density at radius 2 is 2.00 bits per heavy atom. The van der Waals surface area contributed by atoms with E-state index in [-0.39, 0.29) is 0 Å². The van der Waals surface area contributed by atoms with Gasteiger partial charge in [0.1, 0.15) is 5.75 Å². The largest absolute Gasteiger partial charge is 0.494 e. The van der Waals surface area contributed by atoms with Gasteiger partial charge in [0.2, 0.25) is 0 Å². The Balaban J connectivity index is 2.21. The zero-order valence-corrected chi connectivity index (χ0v) is 9.91. The van der Waals surface area contributed by atoms with Gasteiger partial charge in [-0.2, -0.15) is 0 Å². The van der Waals surface area contributed by atoms with Crippen molar-refractivity contribution in [3.05, 3.63) is 29.8 Å². The normalized spacial score (nSPS) is 19.4. The molecule has 0 amide bonds. The highest BCUT2D eigenvalue weighted by molar-refractivity contribution is 5.32. The molecule has 0 spiro atoms. The lowest BCUT2D eigenvalue weighted by atomic mass is 9.80. The first kappa shape index (κ1) is 11.5. The topological polar surface area (TPSA) is 29.5 Å². The Morgan fingerprint density at radius 1 is 1.25 bits per heavy atom. The first-order valence-corrected chi connectivity index (χ1v) is 6.20. The van der Waals surface area contributed by atoms with Gasteiger partial charge in [-0.3, -0.25) is 0 Å². The molecule has 1 N–H and O–H groups in total. The molecule has 88 valence electrons. The van der Waals surface area contributed by atoms with Gasteiger partial charge in [-0.1, -0.05) is 31.4 Å². The van der Waals surface area contributed by atoms with E-state index >= 15 is 0 Å². The van der Waals surface area contributed by atoms with E-state index in [1.807, 2.05) is 31.2 Å². The van der Waals surface area contributed by atoms with Gasteiger partial charge >= 0.3 is 0 Å². The van der Waals surface area contributed by atoms with Crippen molar-refractivity contribution in [3.63, 3.8) is 0 Å². The quantitative estimate of drug-likeness (QED) is 0.847. The van der Waals surface area contributed by atoms with Crippen molar-refractivity contribution in [1.82, 2.24) is 0 Å². The Morgan fingerprint density at radius 3 is 2.69 bits per heavy atom. The number of benzene rings is 1. The first-order chi connectivity index (χ1) is 7.74. The molecular formula is C14H20O2. The van der Waals surface area contributed by atoms with Crippen molar-refractivity contribution in [1.29, 1.82) is 0 Å². The fourth-order valence-electron chi connectivity index (χ4n) is 2.47.